The molecule has 0 aliphatic rings. The monoisotopic (exact) mass is 256 g/mol. The van der Waals surface area contributed by atoms with Crippen LogP contribution in [0.1, 0.15) is 12.0 Å². The van der Waals surface area contributed by atoms with E-state index in [1.54, 1.807) is 7.05 Å². The molecule has 0 saturated heterocycles. The van der Waals surface area contributed by atoms with E-state index in [0.29, 0.717) is 23.1 Å². The molecule has 1 rings (SSSR count). The Labute approximate surface area is 89.8 Å². The van der Waals surface area contributed by atoms with Gasteiger partial charge in [0.1, 0.15) is 17.5 Å². The van der Waals surface area contributed by atoms with Crippen LogP contribution in [0.15, 0.2) is 6.20 Å². The number of carbonyl (C=O) groups is 1. The highest BCUT2D eigenvalue weighted by Gasteiger charge is 2.10. The molecular weight excluding hydrogens is 248 g/mol. The van der Waals surface area contributed by atoms with Crippen molar-refractivity contribution in [2.45, 2.75) is 6.42 Å². The second-order valence-corrected chi connectivity index (χ2v) is 3.42. The lowest BCUT2D eigenvalue weighted by atomic mass is 10.3. The van der Waals surface area contributed by atoms with E-state index in [1.807, 2.05) is 6.07 Å². The molecule has 0 saturated carbocycles. The van der Waals surface area contributed by atoms with Gasteiger partial charge in [0.2, 0.25) is 5.91 Å². The van der Waals surface area contributed by atoms with Gasteiger partial charge in [0.25, 0.3) is 0 Å². The summed E-state index contributed by atoms with van der Waals surface area (Å²) in [7, 11) is 1.67. The van der Waals surface area contributed by atoms with Crippen molar-refractivity contribution >= 4 is 27.7 Å². The van der Waals surface area contributed by atoms with Crippen molar-refractivity contribution in [2.75, 3.05) is 10.6 Å². The summed E-state index contributed by atoms with van der Waals surface area (Å²) in [6, 6.07) is 1.95. The predicted octanol–water partition coefficient (Wildman–Crippen LogP) is 1.02. The number of hydrogen-bond acceptors (Lipinski definition) is 3. The van der Waals surface area contributed by atoms with Crippen molar-refractivity contribution in [3.05, 3.63) is 11.8 Å². The number of halogens is 1. The van der Waals surface area contributed by atoms with Gasteiger partial charge in [-0.25, -0.2) is 0 Å². The van der Waals surface area contributed by atoms with E-state index in [9.17, 15) is 4.79 Å². The van der Waals surface area contributed by atoms with Gasteiger partial charge in [0.05, 0.1) is 6.20 Å². The summed E-state index contributed by atoms with van der Waals surface area (Å²) in [5, 5.41) is 15.8. The number of rotatable bonds is 3. The number of aromatic nitrogens is 2. The first-order valence-electron chi connectivity index (χ1n) is 3.97. The Balaban J connectivity index is 2.80. The van der Waals surface area contributed by atoms with Crippen molar-refractivity contribution in [2.24, 2.45) is 7.05 Å². The first-order chi connectivity index (χ1) is 6.69. The largest absolute Gasteiger partial charge is 0.310 e. The van der Waals surface area contributed by atoms with Gasteiger partial charge in [0.15, 0.2) is 0 Å². The van der Waals surface area contributed by atoms with E-state index >= 15 is 0 Å². The minimum atomic E-state index is -0.137. The van der Waals surface area contributed by atoms with E-state index in [4.69, 9.17) is 5.26 Å². The van der Waals surface area contributed by atoms with Gasteiger partial charge >= 0.3 is 0 Å². The average molecular weight is 257 g/mol. The van der Waals surface area contributed by atoms with Crippen LogP contribution < -0.4 is 5.32 Å². The van der Waals surface area contributed by atoms with Gasteiger partial charge in [-0.3, -0.25) is 9.48 Å². The lowest BCUT2D eigenvalue weighted by molar-refractivity contribution is -0.115. The van der Waals surface area contributed by atoms with Crippen LogP contribution in [-0.2, 0) is 11.8 Å². The quantitative estimate of drug-likeness (QED) is 0.821. The standard InChI is InChI=1S/C8H9BrN4O/c1-13-8(6(4-10)5-11-13)12-7(14)2-3-9/h5H,2-3H2,1H3,(H,12,14). The van der Waals surface area contributed by atoms with Crippen LogP contribution in [0.25, 0.3) is 0 Å². The van der Waals surface area contributed by atoms with Crippen LogP contribution in [-0.4, -0.2) is 21.0 Å². The zero-order valence-corrected chi connectivity index (χ0v) is 9.21. The molecule has 1 N–H and O–H groups in total. The van der Waals surface area contributed by atoms with Crippen molar-refractivity contribution in [3.8, 4) is 6.07 Å². The maximum absolute atomic E-state index is 11.2. The Kier molecular flexibility index (Phi) is 3.65. The lowest BCUT2D eigenvalue weighted by Crippen LogP contribution is -2.15. The third kappa shape index (κ3) is 2.33. The zero-order valence-electron chi connectivity index (χ0n) is 7.62. The number of carbonyl (C=O) groups excluding carboxylic acids is 1. The summed E-state index contributed by atoms with van der Waals surface area (Å²) in [6.07, 6.45) is 1.79. The SMILES string of the molecule is Cn1ncc(C#N)c1NC(=O)CCBr. The lowest BCUT2D eigenvalue weighted by Gasteiger charge is -2.03. The topological polar surface area (TPSA) is 70.7 Å². The fraction of sp³-hybridized carbons (Fsp3) is 0.375. The molecule has 1 heterocycles. The molecule has 1 aromatic rings. The van der Waals surface area contributed by atoms with Gasteiger partial charge < -0.3 is 5.32 Å². The molecular formula is C8H9BrN4O. The Hall–Kier alpha value is -1.35. The predicted molar refractivity (Wildman–Crippen MR) is 55.0 cm³/mol. The van der Waals surface area contributed by atoms with Crippen molar-refractivity contribution in [3.63, 3.8) is 0 Å². The van der Waals surface area contributed by atoms with Gasteiger partial charge in [-0.2, -0.15) is 10.4 Å². The van der Waals surface area contributed by atoms with Crippen molar-refractivity contribution in [1.29, 1.82) is 5.26 Å². The maximum Gasteiger partial charge on any atom is 0.226 e. The molecule has 6 heteroatoms. The van der Waals surface area contributed by atoms with Gasteiger partial charge in [-0.15, -0.1) is 0 Å². The first kappa shape index (κ1) is 10.7. The van der Waals surface area contributed by atoms with Gasteiger partial charge in [-0.05, 0) is 0 Å². The molecule has 1 aromatic heterocycles. The molecule has 74 valence electrons. The normalized spacial score (nSPS) is 9.50. The molecule has 0 fully saturated rings. The summed E-state index contributed by atoms with van der Waals surface area (Å²) < 4.78 is 1.46. The summed E-state index contributed by atoms with van der Waals surface area (Å²) >= 11 is 3.16. The van der Waals surface area contributed by atoms with Crippen LogP contribution in [0.3, 0.4) is 0 Å². The van der Waals surface area contributed by atoms with Crippen molar-refractivity contribution in [1.82, 2.24) is 9.78 Å². The number of alkyl halides is 1. The van der Waals surface area contributed by atoms with E-state index in [1.165, 1.54) is 10.9 Å². The van der Waals surface area contributed by atoms with Crippen LogP contribution in [0.5, 0.6) is 0 Å². The van der Waals surface area contributed by atoms with Crippen LogP contribution in [0.2, 0.25) is 0 Å². The molecule has 1 amide bonds. The second kappa shape index (κ2) is 4.77. The number of anilines is 1. The highest BCUT2D eigenvalue weighted by atomic mass is 79.9. The van der Waals surface area contributed by atoms with E-state index < -0.39 is 0 Å². The average Bonchev–Trinajstić information content (AvgIpc) is 2.48. The van der Waals surface area contributed by atoms with Crippen molar-refractivity contribution < 1.29 is 4.79 Å². The molecule has 0 radical (unpaired) electrons. The fourth-order valence-electron chi connectivity index (χ4n) is 0.948. The molecule has 0 aliphatic heterocycles. The second-order valence-electron chi connectivity index (χ2n) is 2.63. The molecule has 5 nitrogen and oxygen atoms in total. The fourth-order valence-corrected chi connectivity index (χ4v) is 1.31. The van der Waals surface area contributed by atoms with E-state index in [2.05, 4.69) is 26.3 Å². The zero-order chi connectivity index (χ0) is 10.6. The molecule has 0 aliphatic carbocycles. The van der Waals surface area contributed by atoms with E-state index in [-0.39, 0.29) is 5.91 Å². The summed E-state index contributed by atoms with van der Waals surface area (Å²) in [5.41, 5.74) is 0.371. The highest BCUT2D eigenvalue weighted by Crippen LogP contribution is 2.12. The number of nitriles is 1. The van der Waals surface area contributed by atoms with E-state index in [0.717, 1.165) is 0 Å². The van der Waals surface area contributed by atoms with Gasteiger partial charge in [-0.1, -0.05) is 15.9 Å². The van der Waals surface area contributed by atoms with Crippen LogP contribution in [0.4, 0.5) is 5.82 Å². The Morgan fingerprint density at radius 2 is 2.57 bits per heavy atom. The smallest absolute Gasteiger partial charge is 0.226 e. The minimum absolute atomic E-state index is 0.137. The number of hydrogen-bond donors (Lipinski definition) is 1. The van der Waals surface area contributed by atoms with Crippen LogP contribution >= 0.6 is 15.9 Å². The maximum atomic E-state index is 11.2. The molecule has 0 bridgehead atoms. The number of nitrogens with one attached hydrogen (secondary N) is 1. The number of aryl methyl sites for hydroxylation is 1. The Bertz CT molecular complexity index is 379. The first-order valence-corrected chi connectivity index (χ1v) is 5.09. The molecule has 14 heavy (non-hydrogen) atoms. The number of amides is 1. The summed E-state index contributed by atoms with van der Waals surface area (Å²) in [6.45, 7) is 0. The molecule has 0 aromatic carbocycles. The molecule has 0 unspecified atom stereocenters. The summed E-state index contributed by atoms with van der Waals surface area (Å²) in [5.74, 6) is 0.306. The third-order valence-corrected chi connectivity index (χ3v) is 2.04. The highest BCUT2D eigenvalue weighted by molar-refractivity contribution is 9.09. The number of nitrogens with zero attached hydrogens (tertiary/aromatic N) is 3. The summed E-state index contributed by atoms with van der Waals surface area (Å²) in [4.78, 5) is 11.2. The van der Waals surface area contributed by atoms with Crippen LogP contribution in [0, 0.1) is 11.3 Å². The Morgan fingerprint density at radius 1 is 1.86 bits per heavy atom. The Morgan fingerprint density at radius 3 is 3.14 bits per heavy atom. The molecule has 0 atom stereocenters. The van der Waals surface area contributed by atoms with Gasteiger partial charge in [0, 0.05) is 18.8 Å². The molecule has 0 spiro atoms. The third-order valence-electron chi connectivity index (χ3n) is 1.64. The minimum Gasteiger partial charge on any atom is -0.310 e.